The molecule has 0 spiro atoms. The minimum Gasteiger partial charge on any atom is -0.467 e. The summed E-state index contributed by atoms with van der Waals surface area (Å²) in [7, 11) is 1.17. The molecule has 0 fully saturated rings. The molecular weight excluding hydrogens is 280 g/mol. The molecule has 9 nitrogen and oxygen atoms in total. The van der Waals surface area contributed by atoms with Crippen molar-refractivity contribution in [1.82, 2.24) is 14.9 Å². The van der Waals surface area contributed by atoms with E-state index in [1.807, 2.05) is 0 Å². The van der Waals surface area contributed by atoms with E-state index in [0.717, 1.165) is 0 Å². The Balaban J connectivity index is 3.08. The van der Waals surface area contributed by atoms with Crippen LogP contribution in [0, 0.1) is 10.1 Å². The van der Waals surface area contributed by atoms with Gasteiger partial charge in [-0.1, -0.05) is 12.7 Å². The Morgan fingerprint density at radius 3 is 2.81 bits per heavy atom. The van der Waals surface area contributed by atoms with Crippen LogP contribution in [0.25, 0.3) is 0 Å². The second-order valence-corrected chi connectivity index (χ2v) is 4.19. The molecule has 1 aromatic rings. The first-order chi connectivity index (χ1) is 9.90. The molecule has 114 valence electrons. The number of aromatic nitrogens is 2. The molecule has 0 aliphatic carbocycles. The van der Waals surface area contributed by atoms with Crippen molar-refractivity contribution in [3.05, 3.63) is 34.8 Å². The number of nitrogens with zero attached hydrogens (tertiary/aromatic N) is 3. The van der Waals surface area contributed by atoms with Gasteiger partial charge in [-0.3, -0.25) is 4.79 Å². The molecule has 1 unspecified atom stereocenters. The Bertz CT molecular complexity index is 566. The molecular formula is C12H16N4O5. The number of nitro groups is 1. The zero-order valence-corrected chi connectivity index (χ0v) is 11.7. The molecule has 1 atom stereocenters. The average Bonchev–Trinajstić information content (AvgIpc) is 2.80. The highest BCUT2D eigenvalue weighted by molar-refractivity contribution is 5.83. The van der Waals surface area contributed by atoms with Gasteiger partial charge in [0.05, 0.1) is 7.11 Å². The van der Waals surface area contributed by atoms with Gasteiger partial charge in [0, 0.05) is 13.3 Å². The van der Waals surface area contributed by atoms with Crippen LogP contribution in [-0.4, -0.2) is 39.5 Å². The van der Waals surface area contributed by atoms with Crippen LogP contribution in [0.5, 0.6) is 0 Å². The number of ether oxygens (including phenoxy) is 1. The van der Waals surface area contributed by atoms with Gasteiger partial charge in [-0.15, -0.1) is 0 Å². The highest BCUT2D eigenvalue weighted by Gasteiger charge is 2.28. The van der Waals surface area contributed by atoms with Crippen LogP contribution in [0.1, 0.15) is 12.6 Å². The topological polar surface area (TPSA) is 116 Å². The first-order valence-corrected chi connectivity index (χ1v) is 6.04. The maximum Gasteiger partial charge on any atom is 0.346 e. The summed E-state index contributed by atoms with van der Waals surface area (Å²) in [6.07, 6.45) is 2.65. The van der Waals surface area contributed by atoms with E-state index < -0.39 is 22.8 Å². The fourth-order valence-corrected chi connectivity index (χ4v) is 1.82. The second-order valence-electron chi connectivity index (χ2n) is 4.19. The molecule has 1 amide bonds. The van der Waals surface area contributed by atoms with Crippen molar-refractivity contribution in [2.75, 3.05) is 7.11 Å². The van der Waals surface area contributed by atoms with Crippen molar-refractivity contribution in [2.45, 2.75) is 25.9 Å². The van der Waals surface area contributed by atoms with E-state index in [2.05, 4.69) is 21.6 Å². The second kappa shape index (κ2) is 7.17. The number of imidazole rings is 1. The lowest BCUT2D eigenvalue weighted by Gasteiger charge is -2.14. The van der Waals surface area contributed by atoms with Crippen molar-refractivity contribution in [3.8, 4) is 0 Å². The monoisotopic (exact) mass is 296 g/mol. The normalized spacial score (nSPS) is 11.5. The van der Waals surface area contributed by atoms with Crippen LogP contribution in [0.4, 0.5) is 5.82 Å². The molecule has 9 heteroatoms. The van der Waals surface area contributed by atoms with Crippen molar-refractivity contribution < 1.29 is 19.2 Å². The number of hydrogen-bond donors (Lipinski definition) is 1. The smallest absolute Gasteiger partial charge is 0.346 e. The first kappa shape index (κ1) is 16.3. The number of rotatable bonds is 7. The zero-order chi connectivity index (χ0) is 16.0. The number of allylic oxidation sites excluding steroid dienone is 1. The van der Waals surface area contributed by atoms with Crippen LogP contribution in [0.2, 0.25) is 0 Å². The van der Waals surface area contributed by atoms with E-state index in [1.54, 1.807) is 0 Å². The zero-order valence-electron chi connectivity index (χ0n) is 11.7. The van der Waals surface area contributed by atoms with E-state index in [-0.39, 0.29) is 24.5 Å². The molecule has 21 heavy (non-hydrogen) atoms. The number of methoxy groups -OCH3 is 1. The number of carbonyl (C=O) groups excluding carboxylic acids is 2. The lowest BCUT2D eigenvalue weighted by Crippen LogP contribution is -2.42. The maximum atomic E-state index is 11.6. The highest BCUT2D eigenvalue weighted by Crippen LogP contribution is 2.19. The third-order valence-electron chi connectivity index (χ3n) is 2.64. The Morgan fingerprint density at radius 2 is 2.33 bits per heavy atom. The third kappa shape index (κ3) is 4.13. The largest absolute Gasteiger partial charge is 0.467 e. The molecule has 0 radical (unpaired) electrons. The minimum absolute atomic E-state index is 0.0889. The van der Waals surface area contributed by atoms with Crippen LogP contribution < -0.4 is 5.32 Å². The fourth-order valence-electron chi connectivity index (χ4n) is 1.82. The number of amides is 1. The van der Waals surface area contributed by atoms with E-state index in [0.29, 0.717) is 0 Å². The van der Waals surface area contributed by atoms with Crippen molar-refractivity contribution in [3.63, 3.8) is 0 Å². The van der Waals surface area contributed by atoms with Crippen LogP contribution in [0.3, 0.4) is 0 Å². The van der Waals surface area contributed by atoms with Gasteiger partial charge in [-0.05, 0) is 4.92 Å². The van der Waals surface area contributed by atoms with Crippen molar-refractivity contribution in [2.24, 2.45) is 0 Å². The van der Waals surface area contributed by atoms with Gasteiger partial charge in [-0.2, -0.15) is 0 Å². The minimum atomic E-state index is -1.03. The predicted octanol–water partition coefficient (Wildman–Crippen LogP) is 0.198. The molecule has 1 N–H and O–H groups in total. The van der Waals surface area contributed by atoms with E-state index in [4.69, 9.17) is 0 Å². The van der Waals surface area contributed by atoms with Crippen LogP contribution in [0.15, 0.2) is 19.0 Å². The summed E-state index contributed by atoms with van der Waals surface area (Å²) in [5, 5.41) is 13.5. The van der Waals surface area contributed by atoms with Crippen molar-refractivity contribution in [1.29, 1.82) is 0 Å². The van der Waals surface area contributed by atoms with Crippen molar-refractivity contribution >= 4 is 17.7 Å². The van der Waals surface area contributed by atoms with Crippen LogP contribution >= 0.6 is 0 Å². The molecule has 0 saturated heterocycles. The number of esters is 1. The number of carbonyl (C=O) groups is 2. The lowest BCUT2D eigenvalue weighted by atomic mass is 10.1. The summed E-state index contributed by atoms with van der Waals surface area (Å²) < 4.78 is 5.86. The molecule has 1 rings (SSSR count). The Kier molecular flexibility index (Phi) is 5.58. The maximum absolute atomic E-state index is 11.6. The Labute approximate surface area is 120 Å². The molecule has 0 saturated carbocycles. The SMILES string of the molecule is C=CCn1cnc(CC(NC(C)=O)C(=O)OC)c1[N+](=O)[O-]. The summed E-state index contributed by atoms with van der Waals surface area (Å²) in [5.74, 6) is -1.38. The number of nitrogens with one attached hydrogen (secondary N) is 1. The molecule has 0 aliphatic rings. The fraction of sp³-hybridized carbons (Fsp3) is 0.417. The molecule has 0 aromatic carbocycles. The van der Waals surface area contributed by atoms with E-state index in [9.17, 15) is 19.7 Å². The van der Waals surface area contributed by atoms with Gasteiger partial charge in [0.15, 0.2) is 6.33 Å². The van der Waals surface area contributed by atoms with Gasteiger partial charge < -0.3 is 20.2 Å². The molecule has 0 bridgehead atoms. The van der Waals surface area contributed by atoms with Gasteiger partial charge in [-0.25, -0.2) is 14.3 Å². The molecule has 1 aromatic heterocycles. The summed E-state index contributed by atoms with van der Waals surface area (Å²) >= 11 is 0. The number of hydrogen-bond acceptors (Lipinski definition) is 6. The third-order valence-corrected chi connectivity index (χ3v) is 2.64. The summed E-state index contributed by atoms with van der Waals surface area (Å²) in [6.45, 7) is 4.96. The summed E-state index contributed by atoms with van der Waals surface area (Å²) in [4.78, 5) is 37.2. The van der Waals surface area contributed by atoms with Crippen LogP contribution in [-0.2, 0) is 27.3 Å². The predicted molar refractivity (Wildman–Crippen MR) is 72.4 cm³/mol. The van der Waals surface area contributed by atoms with E-state index >= 15 is 0 Å². The summed E-state index contributed by atoms with van der Waals surface area (Å²) in [6, 6.07) is -1.03. The standard InChI is InChI=1S/C12H16N4O5/c1-4-5-15-7-13-9(11(15)16(19)20)6-10(12(18)21-3)14-8(2)17/h4,7,10H,1,5-6H2,2-3H3,(H,14,17). The van der Waals surface area contributed by atoms with E-state index in [1.165, 1.54) is 31.0 Å². The van der Waals surface area contributed by atoms with Gasteiger partial charge in [0.25, 0.3) is 0 Å². The van der Waals surface area contributed by atoms with Gasteiger partial charge >= 0.3 is 11.8 Å². The first-order valence-electron chi connectivity index (χ1n) is 6.04. The Hall–Kier alpha value is -2.71. The van der Waals surface area contributed by atoms with Gasteiger partial charge in [0.1, 0.15) is 18.3 Å². The summed E-state index contributed by atoms with van der Waals surface area (Å²) in [5.41, 5.74) is 0.0889. The van der Waals surface area contributed by atoms with Gasteiger partial charge in [0.2, 0.25) is 5.91 Å². The quantitative estimate of drug-likeness (QED) is 0.332. The Morgan fingerprint density at radius 1 is 1.67 bits per heavy atom. The highest BCUT2D eigenvalue weighted by atomic mass is 16.6. The molecule has 0 aliphatic heterocycles. The lowest BCUT2D eigenvalue weighted by molar-refractivity contribution is -0.392. The molecule has 1 heterocycles. The average molecular weight is 296 g/mol.